The van der Waals surface area contributed by atoms with Gasteiger partial charge in [-0.3, -0.25) is 10.2 Å². The quantitative estimate of drug-likeness (QED) is 0.671. The van der Waals surface area contributed by atoms with Crippen LogP contribution in [0, 0.1) is 12.8 Å². The van der Waals surface area contributed by atoms with Crippen LogP contribution in [0.2, 0.25) is 5.02 Å². The van der Waals surface area contributed by atoms with Crippen LogP contribution >= 0.6 is 11.6 Å². The molecule has 3 aromatic rings. The van der Waals surface area contributed by atoms with Crippen LogP contribution < -0.4 is 16.2 Å². The predicted octanol–water partition coefficient (Wildman–Crippen LogP) is 3.19. The third kappa shape index (κ3) is 3.24. The Morgan fingerprint density at radius 1 is 1.28 bits per heavy atom. The largest absolute Gasteiger partial charge is 0.441 e. The Morgan fingerprint density at radius 3 is 2.88 bits per heavy atom. The monoisotopic (exact) mass is 356 g/mol. The lowest BCUT2D eigenvalue weighted by atomic mass is 9.94. The molecule has 128 valence electrons. The standard InChI is InChI=1S/C18H17ClN4O2/c1-10-21-15-8-13(6-7-16(15)25-10)22-18(24)14-9-20-23-17(14)11-2-4-12(19)5-3-11/h2-8,14,17,20,23H,9H2,1H3,(H,22,24). The summed E-state index contributed by atoms with van der Waals surface area (Å²) in [5.41, 5.74) is 9.37. The Morgan fingerprint density at radius 2 is 2.08 bits per heavy atom. The summed E-state index contributed by atoms with van der Waals surface area (Å²) in [7, 11) is 0. The maximum atomic E-state index is 12.7. The number of hydrazine groups is 1. The fourth-order valence-corrected chi connectivity index (χ4v) is 3.21. The first-order valence-corrected chi connectivity index (χ1v) is 8.40. The van der Waals surface area contributed by atoms with E-state index in [9.17, 15) is 4.79 Å². The number of oxazole rings is 1. The summed E-state index contributed by atoms with van der Waals surface area (Å²) >= 11 is 5.95. The van der Waals surface area contributed by atoms with Crippen molar-refractivity contribution in [2.75, 3.05) is 11.9 Å². The number of hydrogen-bond donors (Lipinski definition) is 3. The molecule has 0 aliphatic carbocycles. The van der Waals surface area contributed by atoms with Gasteiger partial charge >= 0.3 is 0 Å². The highest BCUT2D eigenvalue weighted by molar-refractivity contribution is 6.30. The van der Waals surface area contributed by atoms with Gasteiger partial charge in [0, 0.05) is 24.2 Å². The van der Waals surface area contributed by atoms with Gasteiger partial charge in [-0.1, -0.05) is 23.7 Å². The first-order valence-electron chi connectivity index (χ1n) is 8.02. The highest BCUT2D eigenvalue weighted by Crippen LogP contribution is 2.28. The molecule has 2 aromatic carbocycles. The van der Waals surface area contributed by atoms with Gasteiger partial charge in [-0.05, 0) is 35.9 Å². The molecule has 1 saturated heterocycles. The highest BCUT2D eigenvalue weighted by Gasteiger charge is 2.34. The fourth-order valence-electron chi connectivity index (χ4n) is 3.08. The van der Waals surface area contributed by atoms with Crippen LogP contribution in [0.1, 0.15) is 17.5 Å². The number of hydrogen-bond acceptors (Lipinski definition) is 5. The molecule has 7 heteroatoms. The summed E-state index contributed by atoms with van der Waals surface area (Å²) in [6, 6.07) is 12.8. The number of amides is 1. The van der Waals surface area contributed by atoms with E-state index in [0.29, 0.717) is 28.7 Å². The van der Waals surface area contributed by atoms with E-state index >= 15 is 0 Å². The van der Waals surface area contributed by atoms with Crippen molar-refractivity contribution < 1.29 is 9.21 Å². The van der Waals surface area contributed by atoms with Crippen LogP contribution in [0.5, 0.6) is 0 Å². The lowest BCUT2D eigenvalue weighted by Crippen LogP contribution is -2.29. The molecule has 1 aliphatic heterocycles. The van der Waals surface area contributed by atoms with Crippen LogP contribution in [0.4, 0.5) is 5.69 Å². The fraction of sp³-hybridized carbons (Fsp3) is 0.222. The maximum Gasteiger partial charge on any atom is 0.230 e. The van der Waals surface area contributed by atoms with Gasteiger partial charge in [0.15, 0.2) is 11.5 Å². The van der Waals surface area contributed by atoms with Crippen molar-refractivity contribution in [2.24, 2.45) is 5.92 Å². The number of nitrogens with zero attached hydrogens (tertiary/aromatic N) is 1. The van der Waals surface area contributed by atoms with Crippen LogP contribution in [-0.4, -0.2) is 17.4 Å². The average molecular weight is 357 g/mol. The second-order valence-corrected chi connectivity index (χ2v) is 6.50. The van der Waals surface area contributed by atoms with Crippen molar-refractivity contribution >= 4 is 34.3 Å². The molecule has 3 N–H and O–H groups in total. The lowest BCUT2D eigenvalue weighted by molar-refractivity contribution is -0.119. The normalized spacial score (nSPS) is 20.1. The molecule has 1 fully saturated rings. The van der Waals surface area contributed by atoms with E-state index in [-0.39, 0.29) is 17.9 Å². The second-order valence-electron chi connectivity index (χ2n) is 6.07. The summed E-state index contributed by atoms with van der Waals surface area (Å²) < 4.78 is 5.46. The Bertz CT molecular complexity index is 922. The highest BCUT2D eigenvalue weighted by atomic mass is 35.5. The van der Waals surface area contributed by atoms with Gasteiger partial charge in [0.2, 0.25) is 5.91 Å². The zero-order valence-corrected chi connectivity index (χ0v) is 14.3. The van der Waals surface area contributed by atoms with Crippen molar-refractivity contribution in [1.29, 1.82) is 0 Å². The van der Waals surface area contributed by atoms with E-state index in [1.165, 1.54) is 0 Å². The minimum absolute atomic E-state index is 0.0583. The molecular formula is C18H17ClN4O2. The van der Waals surface area contributed by atoms with E-state index in [1.54, 1.807) is 6.92 Å². The molecule has 2 heterocycles. The molecule has 1 amide bonds. The topological polar surface area (TPSA) is 79.2 Å². The molecule has 0 radical (unpaired) electrons. The first kappa shape index (κ1) is 16.1. The molecule has 2 atom stereocenters. The summed E-state index contributed by atoms with van der Waals surface area (Å²) in [4.78, 5) is 17.0. The third-order valence-electron chi connectivity index (χ3n) is 4.31. The third-order valence-corrected chi connectivity index (χ3v) is 4.56. The number of rotatable bonds is 3. The molecular weight excluding hydrogens is 340 g/mol. The van der Waals surface area contributed by atoms with Crippen molar-refractivity contribution in [3.8, 4) is 0 Å². The molecule has 1 aliphatic rings. The molecule has 0 spiro atoms. The number of nitrogens with one attached hydrogen (secondary N) is 3. The summed E-state index contributed by atoms with van der Waals surface area (Å²) in [6.07, 6.45) is 0. The maximum absolute atomic E-state index is 12.7. The number of halogens is 1. The summed E-state index contributed by atoms with van der Waals surface area (Å²) in [5.74, 6) is 0.304. The second kappa shape index (κ2) is 6.48. The van der Waals surface area contributed by atoms with Crippen LogP contribution in [0.25, 0.3) is 11.1 Å². The minimum Gasteiger partial charge on any atom is -0.441 e. The van der Waals surface area contributed by atoms with Crippen molar-refractivity contribution in [3.05, 3.63) is 58.9 Å². The molecule has 6 nitrogen and oxygen atoms in total. The van der Waals surface area contributed by atoms with Crippen molar-refractivity contribution in [3.63, 3.8) is 0 Å². The number of aromatic nitrogens is 1. The number of carbonyl (C=O) groups excluding carboxylic acids is 1. The van der Waals surface area contributed by atoms with Crippen LogP contribution in [-0.2, 0) is 4.79 Å². The smallest absolute Gasteiger partial charge is 0.230 e. The van der Waals surface area contributed by atoms with Crippen molar-refractivity contribution in [2.45, 2.75) is 13.0 Å². The Balaban J connectivity index is 1.53. The van der Waals surface area contributed by atoms with Gasteiger partial charge in [0.05, 0.1) is 12.0 Å². The van der Waals surface area contributed by atoms with Gasteiger partial charge in [-0.2, -0.15) is 0 Å². The Kier molecular flexibility index (Phi) is 4.17. The van der Waals surface area contributed by atoms with Gasteiger partial charge in [0.25, 0.3) is 0 Å². The minimum atomic E-state index is -0.240. The van der Waals surface area contributed by atoms with Crippen molar-refractivity contribution in [1.82, 2.24) is 15.8 Å². The molecule has 1 aromatic heterocycles. The summed E-state index contributed by atoms with van der Waals surface area (Å²) in [6.45, 7) is 2.34. The van der Waals surface area contributed by atoms with E-state index in [2.05, 4.69) is 21.2 Å². The van der Waals surface area contributed by atoms with E-state index < -0.39 is 0 Å². The van der Waals surface area contributed by atoms with E-state index in [1.807, 2.05) is 42.5 Å². The van der Waals surface area contributed by atoms with Gasteiger partial charge < -0.3 is 9.73 Å². The van der Waals surface area contributed by atoms with E-state index in [4.69, 9.17) is 16.0 Å². The number of fused-ring (bicyclic) bond motifs is 1. The summed E-state index contributed by atoms with van der Waals surface area (Å²) in [5, 5.41) is 3.64. The number of carbonyl (C=O) groups is 1. The molecule has 0 saturated carbocycles. The van der Waals surface area contributed by atoms with Gasteiger partial charge in [0.1, 0.15) is 5.52 Å². The number of aryl methyl sites for hydroxylation is 1. The predicted molar refractivity (Wildman–Crippen MR) is 96.2 cm³/mol. The van der Waals surface area contributed by atoms with E-state index in [0.717, 1.165) is 11.1 Å². The number of anilines is 1. The van der Waals surface area contributed by atoms with Gasteiger partial charge in [-0.15, -0.1) is 0 Å². The van der Waals surface area contributed by atoms with Crippen LogP contribution in [0.15, 0.2) is 46.9 Å². The Labute approximate surface area is 149 Å². The van der Waals surface area contributed by atoms with Gasteiger partial charge in [-0.25, -0.2) is 10.4 Å². The zero-order chi connectivity index (χ0) is 17.4. The molecule has 25 heavy (non-hydrogen) atoms. The lowest BCUT2D eigenvalue weighted by Gasteiger charge is -2.18. The Hall–Kier alpha value is -2.41. The molecule has 4 rings (SSSR count). The van der Waals surface area contributed by atoms with Crippen LogP contribution in [0.3, 0.4) is 0 Å². The molecule has 0 bridgehead atoms. The average Bonchev–Trinajstić information content (AvgIpc) is 3.21. The first-order chi connectivity index (χ1) is 12.1. The number of benzene rings is 2. The SMILES string of the molecule is Cc1nc2cc(NC(=O)C3CNNC3c3ccc(Cl)cc3)ccc2o1. The zero-order valence-electron chi connectivity index (χ0n) is 13.5. The molecule has 2 unspecified atom stereocenters.